The molecular weight excluding hydrogens is 283 g/mol. The Bertz CT molecular complexity index is 823. The van der Waals surface area contributed by atoms with Crippen molar-refractivity contribution < 1.29 is 18.7 Å². The maximum Gasteiger partial charge on any atom is 0.336 e. The van der Waals surface area contributed by atoms with Crippen LogP contribution in [0.25, 0.3) is 22.3 Å². The van der Waals surface area contributed by atoms with Gasteiger partial charge in [-0.2, -0.15) is 0 Å². The van der Waals surface area contributed by atoms with Crippen molar-refractivity contribution in [2.24, 2.45) is 0 Å². The number of furan rings is 1. The van der Waals surface area contributed by atoms with E-state index in [0.717, 1.165) is 0 Å². The molecule has 3 aromatic rings. The molecule has 0 radical (unpaired) electrons. The Hall–Kier alpha value is -2.33. The van der Waals surface area contributed by atoms with E-state index in [1.807, 2.05) is 0 Å². The number of rotatable bonds is 2. The molecule has 0 aliphatic carbocycles. The van der Waals surface area contributed by atoms with Gasteiger partial charge in [-0.3, -0.25) is 0 Å². The van der Waals surface area contributed by atoms with E-state index in [2.05, 4.69) is 0 Å². The molecule has 2 aromatic carbocycles. The number of aromatic carboxylic acids is 1. The van der Waals surface area contributed by atoms with Gasteiger partial charge >= 0.3 is 5.97 Å². The highest BCUT2D eigenvalue weighted by molar-refractivity contribution is 6.31. The fourth-order valence-electron chi connectivity index (χ4n) is 2.05. The van der Waals surface area contributed by atoms with Crippen molar-refractivity contribution in [2.75, 3.05) is 0 Å². The number of carboxylic acids is 1. The largest absolute Gasteiger partial charge is 0.478 e. The number of carbonyl (C=O) groups is 1. The summed E-state index contributed by atoms with van der Waals surface area (Å²) in [6, 6.07) is 10.1. The first kappa shape index (κ1) is 12.7. The Morgan fingerprint density at radius 3 is 2.70 bits per heavy atom. The fourth-order valence-corrected chi connectivity index (χ4v) is 2.23. The maximum atomic E-state index is 13.2. The predicted octanol–water partition coefficient (Wildman–Crippen LogP) is 4.59. The molecule has 0 saturated carbocycles. The van der Waals surface area contributed by atoms with Crippen molar-refractivity contribution in [1.82, 2.24) is 0 Å². The van der Waals surface area contributed by atoms with Gasteiger partial charge in [-0.15, -0.1) is 0 Å². The second-order valence-electron chi connectivity index (χ2n) is 4.29. The molecule has 1 aromatic heterocycles. The lowest BCUT2D eigenvalue weighted by Crippen LogP contribution is -1.98. The molecule has 1 N–H and O–H groups in total. The van der Waals surface area contributed by atoms with E-state index in [0.29, 0.717) is 27.3 Å². The van der Waals surface area contributed by atoms with Crippen LogP contribution in [0.15, 0.2) is 46.9 Å². The SMILES string of the molecule is O=C(O)c1ccc(Cl)cc1-c1cc2cc(F)ccc2o1. The van der Waals surface area contributed by atoms with Crippen molar-refractivity contribution in [3.63, 3.8) is 0 Å². The zero-order chi connectivity index (χ0) is 14.3. The minimum atomic E-state index is -1.08. The molecule has 20 heavy (non-hydrogen) atoms. The van der Waals surface area contributed by atoms with Crippen molar-refractivity contribution in [1.29, 1.82) is 0 Å². The normalized spacial score (nSPS) is 10.9. The summed E-state index contributed by atoms with van der Waals surface area (Å²) in [5, 5.41) is 10.2. The van der Waals surface area contributed by atoms with Crippen molar-refractivity contribution in [3.05, 3.63) is 58.9 Å². The average molecular weight is 291 g/mol. The van der Waals surface area contributed by atoms with Crippen molar-refractivity contribution in [3.8, 4) is 11.3 Å². The average Bonchev–Trinajstić information content (AvgIpc) is 2.81. The van der Waals surface area contributed by atoms with Gasteiger partial charge < -0.3 is 9.52 Å². The summed E-state index contributed by atoms with van der Waals surface area (Å²) in [5.74, 6) is -1.12. The standard InChI is InChI=1S/C15H8ClFO3/c16-9-1-3-11(15(18)19)12(7-9)14-6-8-5-10(17)2-4-13(8)20-14/h1-7H,(H,18,19). The summed E-state index contributed by atoms with van der Waals surface area (Å²) < 4.78 is 18.7. The molecule has 0 unspecified atom stereocenters. The van der Waals surface area contributed by atoms with Crippen LogP contribution in [0.1, 0.15) is 10.4 Å². The number of hydrogen-bond acceptors (Lipinski definition) is 2. The molecule has 0 fully saturated rings. The van der Waals surface area contributed by atoms with E-state index >= 15 is 0 Å². The van der Waals surface area contributed by atoms with E-state index in [1.165, 1.54) is 36.4 Å². The number of fused-ring (bicyclic) bond motifs is 1. The molecule has 1 heterocycles. The summed E-state index contributed by atoms with van der Waals surface area (Å²) in [5.41, 5.74) is 0.924. The maximum absolute atomic E-state index is 13.2. The van der Waals surface area contributed by atoms with Gasteiger partial charge in [0.15, 0.2) is 0 Å². The van der Waals surface area contributed by atoms with Gasteiger partial charge in [0, 0.05) is 16.0 Å². The monoisotopic (exact) mass is 290 g/mol. The highest BCUT2D eigenvalue weighted by Crippen LogP contribution is 2.32. The van der Waals surface area contributed by atoms with Crippen LogP contribution in [0.5, 0.6) is 0 Å². The van der Waals surface area contributed by atoms with Crippen molar-refractivity contribution in [2.45, 2.75) is 0 Å². The molecule has 100 valence electrons. The van der Waals surface area contributed by atoms with Gasteiger partial charge in [-0.25, -0.2) is 9.18 Å². The molecule has 0 aliphatic rings. The zero-order valence-electron chi connectivity index (χ0n) is 10.1. The number of halogens is 2. The van der Waals surface area contributed by atoms with Crippen LogP contribution < -0.4 is 0 Å². The molecule has 0 saturated heterocycles. The molecule has 5 heteroatoms. The minimum Gasteiger partial charge on any atom is -0.478 e. The molecule has 0 aliphatic heterocycles. The highest BCUT2D eigenvalue weighted by Gasteiger charge is 2.16. The first-order valence-electron chi connectivity index (χ1n) is 5.77. The smallest absolute Gasteiger partial charge is 0.336 e. The van der Waals surface area contributed by atoms with E-state index in [4.69, 9.17) is 16.0 Å². The first-order chi connectivity index (χ1) is 9.54. The van der Waals surface area contributed by atoms with E-state index in [1.54, 1.807) is 6.07 Å². The Balaban J connectivity index is 2.24. The van der Waals surface area contributed by atoms with Crippen LogP contribution in [0.2, 0.25) is 5.02 Å². The summed E-state index contributed by atoms with van der Waals surface area (Å²) in [4.78, 5) is 11.2. The number of benzene rings is 2. The molecular formula is C15H8ClFO3. The number of hydrogen-bond donors (Lipinski definition) is 1. The summed E-state index contributed by atoms with van der Waals surface area (Å²) in [7, 11) is 0. The lowest BCUT2D eigenvalue weighted by atomic mass is 10.1. The van der Waals surface area contributed by atoms with Crippen LogP contribution in [-0.2, 0) is 0 Å². The van der Waals surface area contributed by atoms with Gasteiger partial charge in [0.1, 0.15) is 17.2 Å². The predicted molar refractivity (Wildman–Crippen MR) is 73.6 cm³/mol. The molecule has 0 bridgehead atoms. The second kappa shape index (κ2) is 4.65. The summed E-state index contributed by atoms with van der Waals surface area (Å²) in [6.07, 6.45) is 0. The van der Waals surface area contributed by atoms with E-state index in [-0.39, 0.29) is 11.4 Å². The highest BCUT2D eigenvalue weighted by atomic mass is 35.5. The van der Waals surface area contributed by atoms with Gasteiger partial charge in [-0.1, -0.05) is 11.6 Å². The minimum absolute atomic E-state index is 0.0777. The van der Waals surface area contributed by atoms with Crippen molar-refractivity contribution >= 4 is 28.5 Å². The van der Waals surface area contributed by atoms with Crippen LogP contribution in [0.4, 0.5) is 4.39 Å². The summed E-state index contributed by atoms with van der Waals surface area (Å²) in [6.45, 7) is 0. The quantitative estimate of drug-likeness (QED) is 0.751. The van der Waals surface area contributed by atoms with E-state index in [9.17, 15) is 14.3 Å². The van der Waals surface area contributed by atoms with Gasteiger partial charge in [0.2, 0.25) is 0 Å². The molecule has 3 rings (SSSR count). The Labute approximate surface area is 118 Å². The Kier molecular flexibility index (Phi) is 2.95. The van der Waals surface area contributed by atoms with Crippen LogP contribution >= 0.6 is 11.6 Å². The number of carboxylic acid groups (broad SMARTS) is 1. The fraction of sp³-hybridized carbons (Fsp3) is 0. The van der Waals surface area contributed by atoms with Gasteiger partial charge in [0.25, 0.3) is 0 Å². The van der Waals surface area contributed by atoms with Crippen LogP contribution in [-0.4, -0.2) is 11.1 Å². The van der Waals surface area contributed by atoms with Gasteiger partial charge in [0.05, 0.1) is 5.56 Å². The first-order valence-corrected chi connectivity index (χ1v) is 6.15. The lowest BCUT2D eigenvalue weighted by molar-refractivity contribution is 0.0697. The van der Waals surface area contributed by atoms with Crippen LogP contribution in [0.3, 0.4) is 0 Å². The van der Waals surface area contributed by atoms with Gasteiger partial charge in [-0.05, 0) is 42.5 Å². The Morgan fingerprint density at radius 2 is 1.95 bits per heavy atom. The molecule has 0 spiro atoms. The third kappa shape index (κ3) is 2.14. The molecule has 0 atom stereocenters. The lowest BCUT2D eigenvalue weighted by Gasteiger charge is -2.03. The third-order valence-electron chi connectivity index (χ3n) is 2.96. The molecule has 3 nitrogen and oxygen atoms in total. The molecule has 0 amide bonds. The van der Waals surface area contributed by atoms with E-state index < -0.39 is 5.97 Å². The van der Waals surface area contributed by atoms with Crippen LogP contribution in [0, 0.1) is 5.82 Å². The zero-order valence-corrected chi connectivity index (χ0v) is 10.8. The summed E-state index contributed by atoms with van der Waals surface area (Å²) >= 11 is 5.90. The third-order valence-corrected chi connectivity index (χ3v) is 3.19. The second-order valence-corrected chi connectivity index (χ2v) is 4.72. The Morgan fingerprint density at radius 1 is 1.15 bits per heavy atom. The topological polar surface area (TPSA) is 50.4 Å².